The van der Waals surface area contributed by atoms with E-state index in [4.69, 9.17) is 14.9 Å². The van der Waals surface area contributed by atoms with Gasteiger partial charge in [-0.3, -0.25) is 14.3 Å². The Balaban J connectivity index is 0.000000399. The van der Waals surface area contributed by atoms with Crippen molar-refractivity contribution >= 4 is 0 Å². The van der Waals surface area contributed by atoms with E-state index >= 15 is 0 Å². The number of aliphatic hydroxyl groups excluding tert-OH is 2. The van der Waals surface area contributed by atoms with Gasteiger partial charge in [0.2, 0.25) is 0 Å². The van der Waals surface area contributed by atoms with Crippen molar-refractivity contribution in [2.45, 2.75) is 25.2 Å². The Hall–Kier alpha value is -1.70. The highest BCUT2D eigenvalue weighted by atomic mass is 16.5. The van der Waals surface area contributed by atoms with E-state index in [1.54, 1.807) is 0 Å². The summed E-state index contributed by atoms with van der Waals surface area (Å²) in [5, 5.41) is 16.6. The van der Waals surface area contributed by atoms with Crippen molar-refractivity contribution in [2.24, 2.45) is 0 Å². The molecule has 3 N–H and O–H groups in total. The summed E-state index contributed by atoms with van der Waals surface area (Å²) in [6.07, 6.45) is 3.62. The van der Waals surface area contributed by atoms with Crippen LogP contribution < -0.4 is 11.2 Å². The SMILES string of the molecule is C=CCO.O=c1ccn(C2CCC(CO)O2)c(=O)[nH]1. The molecule has 1 aromatic heterocycles. The molecule has 0 bridgehead atoms. The second-order valence-corrected chi connectivity index (χ2v) is 3.96. The van der Waals surface area contributed by atoms with E-state index in [1.165, 1.54) is 22.9 Å². The lowest BCUT2D eigenvalue weighted by Gasteiger charge is -2.13. The van der Waals surface area contributed by atoms with Crippen LogP contribution >= 0.6 is 0 Å². The maximum atomic E-state index is 11.4. The summed E-state index contributed by atoms with van der Waals surface area (Å²) in [4.78, 5) is 24.4. The molecule has 0 amide bonds. The highest BCUT2D eigenvalue weighted by Crippen LogP contribution is 2.26. The number of hydrogen-bond donors (Lipinski definition) is 3. The van der Waals surface area contributed by atoms with Gasteiger partial charge in [0, 0.05) is 12.3 Å². The van der Waals surface area contributed by atoms with Crippen molar-refractivity contribution in [1.29, 1.82) is 0 Å². The minimum Gasteiger partial charge on any atom is -0.394 e. The Bertz CT molecular complexity index is 507. The summed E-state index contributed by atoms with van der Waals surface area (Å²) in [5.74, 6) is 0. The summed E-state index contributed by atoms with van der Waals surface area (Å²) >= 11 is 0. The first-order chi connectivity index (χ1) is 9.12. The van der Waals surface area contributed by atoms with Crippen molar-refractivity contribution in [2.75, 3.05) is 13.2 Å². The highest BCUT2D eigenvalue weighted by molar-refractivity contribution is 4.85. The summed E-state index contributed by atoms with van der Waals surface area (Å²) in [6, 6.07) is 1.27. The van der Waals surface area contributed by atoms with Crippen molar-refractivity contribution in [3.05, 3.63) is 45.8 Å². The molecule has 1 fully saturated rings. The van der Waals surface area contributed by atoms with Gasteiger partial charge in [0.05, 0.1) is 19.3 Å². The molecule has 0 aliphatic carbocycles. The van der Waals surface area contributed by atoms with Crippen molar-refractivity contribution in [3.8, 4) is 0 Å². The molecule has 0 aromatic carbocycles. The van der Waals surface area contributed by atoms with Crippen LogP contribution in [-0.4, -0.2) is 39.1 Å². The van der Waals surface area contributed by atoms with Crippen LogP contribution in [0.5, 0.6) is 0 Å². The molecular weight excluding hydrogens is 252 g/mol. The molecule has 0 saturated carbocycles. The summed E-state index contributed by atoms with van der Waals surface area (Å²) < 4.78 is 6.74. The van der Waals surface area contributed by atoms with Gasteiger partial charge >= 0.3 is 5.69 Å². The molecule has 19 heavy (non-hydrogen) atoms. The molecule has 2 atom stereocenters. The van der Waals surface area contributed by atoms with Crippen molar-refractivity contribution in [1.82, 2.24) is 9.55 Å². The third kappa shape index (κ3) is 4.47. The number of aromatic nitrogens is 2. The van der Waals surface area contributed by atoms with Crippen LogP contribution in [-0.2, 0) is 4.74 Å². The van der Waals surface area contributed by atoms with Crippen molar-refractivity contribution < 1.29 is 14.9 Å². The average Bonchev–Trinajstić information content (AvgIpc) is 2.87. The lowest BCUT2D eigenvalue weighted by atomic mass is 10.2. The Morgan fingerprint density at radius 1 is 1.47 bits per heavy atom. The van der Waals surface area contributed by atoms with Gasteiger partial charge in [-0.2, -0.15) is 0 Å². The topological polar surface area (TPSA) is 105 Å². The summed E-state index contributed by atoms with van der Waals surface area (Å²) in [6.45, 7) is 3.27. The van der Waals surface area contributed by atoms with Crippen LogP contribution in [0.2, 0.25) is 0 Å². The molecule has 7 nitrogen and oxygen atoms in total. The fourth-order valence-corrected chi connectivity index (χ4v) is 1.68. The van der Waals surface area contributed by atoms with Crippen LogP contribution in [0.15, 0.2) is 34.5 Å². The molecule has 1 aliphatic rings. The second kappa shape index (κ2) is 7.67. The van der Waals surface area contributed by atoms with Gasteiger partial charge in [0.15, 0.2) is 0 Å². The Morgan fingerprint density at radius 3 is 2.63 bits per heavy atom. The molecular formula is C12H18N2O5. The van der Waals surface area contributed by atoms with E-state index in [0.717, 1.165) is 0 Å². The highest BCUT2D eigenvalue weighted by Gasteiger charge is 2.26. The number of hydrogen-bond acceptors (Lipinski definition) is 5. The first-order valence-corrected chi connectivity index (χ1v) is 5.92. The Labute approximate surface area is 109 Å². The van der Waals surface area contributed by atoms with Gasteiger partial charge in [0.1, 0.15) is 6.23 Å². The Morgan fingerprint density at radius 2 is 2.16 bits per heavy atom. The van der Waals surface area contributed by atoms with Gasteiger partial charge in [-0.25, -0.2) is 4.79 Å². The number of aromatic amines is 1. The monoisotopic (exact) mass is 270 g/mol. The number of rotatable bonds is 3. The molecule has 1 saturated heterocycles. The van der Waals surface area contributed by atoms with Crippen LogP contribution in [0.4, 0.5) is 0 Å². The average molecular weight is 270 g/mol. The standard InChI is InChI=1S/C9H12N2O4.C3H6O/c12-5-6-1-2-8(15-6)11-4-3-7(13)10-9(11)14;1-2-3-4/h3-4,6,8,12H,1-2,5H2,(H,10,13,14);2,4H,1,3H2. The fourth-order valence-electron chi connectivity index (χ4n) is 1.68. The third-order valence-electron chi connectivity index (χ3n) is 2.58. The van der Waals surface area contributed by atoms with Crippen LogP contribution in [0.1, 0.15) is 19.1 Å². The van der Waals surface area contributed by atoms with Crippen LogP contribution in [0.3, 0.4) is 0 Å². The quantitative estimate of drug-likeness (QED) is 0.634. The van der Waals surface area contributed by atoms with Gasteiger partial charge < -0.3 is 14.9 Å². The number of nitrogens with one attached hydrogen (secondary N) is 1. The van der Waals surface area contributed by atoms with Gasteiger partial charge in [0.25, 0.3) is 5.56 Å². The Kier molecular flexibility index (Phi) is 6.20. The molecule has 1 aromatic rings. The van der Waals surface area contributed by atoms with Gasteiger partial charge in [-0.05, 0) is 12.8 Å². The van der Waals surface area contributed by atoms with E-state index in [0.29, 0.717) is 12.8 Å². The molecule has 0 radical (unpaired) electrons. The van der Waals surface area contributed by atoms with Gasteiger partial charge in [-0.1, -0.05) is 6.08 Å². The van der Waals surface area contributed by atoms with Crippen molar-refractivity contribution in [3.63, 3.8) is 0 Å². The second-order valence-electron chi connectivity index (χ2n) is 3.96. The minimum atomic E-state index is -0.480. The maximum absolute atomic E-state index is 11.4. The van der Waals surface area contributed by atoms with E-state index in [2.05, 4.69) is 11.6 Å². The minimum absolute atomic E-state index is 0.0470. The molecule has 2 heterocycles. The van der Waals surface area contributed by atoms with E-state index < -0.39 is 11.2 Å². The maximum Gasteiger partial charge on any atom is 0.330 e. The zero-order valence-electron chi connectivity index (χ0n) is 10.5. The van der Waals surface area contributed by atoms with E-state index in [9.17, 15) is 9.59 Å². The van der Waals surface area contributed by atoms with Crippen LogP contribution in [0.25, 0.3) is 0 Å². The largest absolute Gasteiger partial charge is 0.394 e. The molecule has 2 rings (SSSR count). The molecule has 106 valence electrons. The predicted molar refractivity (Wildman–Crippen MR) is 68.8 cm³/mol. The third-order valence-corrected chi connectivity index (χ3v) is 2.58. The lowest BCUT2D eigenvalue weighted by Crippen LogP contribution is -2.31. The molecule has 0 spiro atoms. The number of aliphatic hydroxyl groups is 2. The predicted octanol–water partition coefficient (Wildman–Crippen LogP) is -0.629. The number of nitrogens with zero attached hydrogens (tertiary/aromatic N) is 1. The molecule has 7 heteroatoms. The zero-order chi connectivity index (χ0) is 14.3. The van der Waals surface area contributed by atoms with Crippen LogP contribution in [0, 0.1) is 0 Å². The van der Waals surface area contributed by atoms with Gasteiger partial charge in [-0.15, -0.1) is 6.58 Å². The fraction of sp³-hybridized carbons (Fsp3) is 0.500. The molecule has 1 aliphatic heterocycles. The lowest BCUT2D eigenvalue weighted by molar-refractivity contribution is -0.0246. The first-order valence-electron chi connectivity index (χ1n) is 5.92. The normalized spacial score (nSPS) is 21.6. The number of H-pyrrole nitrogens is 1. The summed E-state index contributed by atoms with van der Waals surface area (Å²) in [5.41, 5.74) is -0.904. The number of ether oxygens (including phenoxy) is 1. The molecule has 2 unspecified atom stereocenters. The first kappa shape index (κ1) is 15.4. The summed E-state index contributed by atoms with van der Waals surface area (Å²) in [7, 11) is 0. The smallest absolute Gasteiger partial charge is 0.330 e. The van der Waals surface area contributed by atoms with E-state index in [1.807, 2.05) is 0 Å². The van der Waals surface area contributed by atoms with E-state index in [-0.39, 0.29) is 25.5 Å². The zero-order valence-corrected chi connectivity index (χ0v) is 10.5.